The van der Waals surface area contributed by atoms with Crippen molar-refractivity contribution in [2.45, 2.75) is 19.3 Å². The van der Waals surface area contributed by atoms with Gasteiger partial charge in [0.25, 0.3) is 0 Å². The molecule has 0 rings (SSSR count). The molecule has 0 radical (unpaired) electrons. The summed E-state index contributed by atoms with van der Waals surface area (Å²) in [7, 11) is 0. The molecule has 1 unspecified atom stereocenters. The highest BCUT2D eigenvalue weighted by Gasteiger charge is 2.18. The van der Waals surface area contributed by atoms with Gasteiger partial charge < -0.3 is 16.6 Å². The van der Waals surface area contributed by atoms with E-state index in [4.69, 9.17) is 16.6 Å². The summed E-state index contributed by atoms with van der Waals surface area (Å²) in [6.45, 7) is 0.433. The van der Waals surface area contributed by atoms with E-state index in [0.29, 0.717) is 19.4 Å². The molecule has 5 nitrogen and oxygen atoms in total. The molecule has 1 atom stereocenters. The Morgan fingerprint density at radius 3 is 2.33 bits per heavy atom. The molecule has 0 aromatic rings. The molecule has 1 amide bonds. The van der Waals surface area contributed by atoms with Crippen molar-refractivity contribution in [2.24, 2.45) is 17.4 Å². The van der Waals surface area contributed by atoms with E-state index in [1.165, 1.54) is 0 Å². The summed E-state index contributed by atoms with van der Waals surface area (Å²) >= 11 is 0. The van der Waals surface area contributed by atoms with E-state index in [2.05, 4.69) is 0 Å². The van der Waals surface area contributed by atoms with Gasteiger partial charge in [0.2, 0.25) is 5.91 Å². The molecule has 0 bridgehead atoms. The lowest BCUT2D eigenvalue weighted by Crippen LogP contribution is -2.23. The minimum atomic E-state index is -0.984. The molecule has 0 saturated heterocycles. The second-order valence-corrected chi connectivity index (χ2v) is 2.64. The van der Waals surface area contributed by atoms with Gasteiger partial charge in [-0.25, -0.2) is 0 Å². The average Bonchev–Trinajstić information content (AvgIpc) is 1.96. The van der Waals surface area contributed by atoms with Crippen LogP contribution in [0.3, 0.4) is 0 Å². The van der Waals surface area contributed by atoms with Crippen LogP contribution in [-0.2, 0) is 9.59 Å². The topological polar surface area (TPSA) is 106 Å². The maximum absolute atomic E-state index is 10.5. The Hall–Kier alpha value is -1.10. The number of hydrogen-bond acceptors (Lipinski definition) is 3. The number of primary amides is 1. The first kappa shape index (κ1) is 10.9. The summed E-state index contributed by atoms with van der Waals surface area (Å²) in [5.41, 5.74) is 10.1. The lowest BCUT2D eigenvalue weighted by Gasteiger charge is -2.08. The van der Waals surface area contributed by atoms with E-state index in [0.717, 1.165) is 0 Å². The number of rotatable bonds is 6. The van der Waals surface area contributed by atoms with Crippen molar-refractivity contribution in [2.75, 3.05) is 6.54 Å². The van der Waals surface area contributed by atoms with Crippen molar-refractivity contribution in [3.8, 4) is 0 Å². The predicted octanol–water partition coefficient (Wildman–Crippen LogP) is -0.698. The van der Waals surface area contributed by atoms with Gasteiger partial charge >= 0.3 is 5.97 Å². The van der Waals surface area contributed by atoms with Gasteiger partial charge in [-0.05, 0) is 19.4 Å². The summed E-state index contributed by atoms with van der Waals surface area (Å²) in [6.07, 6.45) is 0.911. The molecule has 0 aliphatic carbocycles. The molecule has 5 N–H and O–H groups in total. The highest BCUT2D eigenvalue weighted by molar-refractivity contribution is 5.80. The number of carboxylic acids is 1. The van der Waals surface area contributed by atoms with E-state index in [9.17, 15) is 9.59 Å². The summed E-state index contributed by atoms with van der Waals surface area (Å²) in [5.74, 6) is -2.24. The van der Waals surface area contributed by atoms with Gasteiger partial charge in [0.05, 0.1) is 5.92 Å². The fraction of sp³-hybridized carbons (Fsp3) is 0.714. The van der Waals surface area contributed by atoms with E-state index >= 15 is 0 Å². The second kappa shape index (κ2) is 5.54. The predicted molar refractivity (Wildman–Crippen MR) is 43.2 cm³/mol. The Morgan fingerprint density at radius 1 is 1.42 bits per heavy atom. The Labute approximate surface area is 70.7 Å². The van der Waals surface area contributed by atoms with Crippen LogP contribution in [0.25, 0.3) is 0 Å². The number of carbonyl (C=O) groups excluding carboxylic acids is 1. The number of aliphatic carboxylic acids is 1. The monoisotopic (exact) mass is 174 g/mol. The van der Waals surface area contributed by atoms with Crippen LogP contribution in [0.15, 0.2) is 0 Å². The highest BCUT2D eigenvalue weighted by atomic mass is 16.4. The van der Waals surface area contributed by atoms with Crippen molar-refractivity contribution in [1.82, 2.24) is 0 Å². The minimum Gasteiger partial charge on any atom is -0.481 e. The van der Waals surface area contributed by atoms with Crippen LogP contribution in [0, 0.1) is 5.92 Å². The van der Waals surface area contributed by atoms with Gasteiger partial charge in [-0.15, -0.1) is 0 Å². The average molecular weight is 174 g/mol. The standard InChI is InChI=1S/C7H14N2O3/c8-3-1-2-5(7(11)12)4-6(9)10/h5H,1-4,8H2,(H2,9,10)(H,11,12). The van der Waals surface area contributed by atoms with Crippen molar-refractivity contribution >= 4 is 11.9 Å². The molecule has 0 spiro atoms. The van der Waals surface area contributed by atoms with Crippen LogP contribution in [0.2, 0.25) is 0 Å². The first-order chi connectivity index (χ1) is 5.57. The maximum Gasteiger partial charge on any atom is 0.307 e. The van der Waals surface area contributed by atoms with Crippen LogP contribution in [0.4, 0.5) is 0 Å². The Morgan fingerprint density at radius 2 is 2.00 bits per heavy atom. The first-order valence-electron chi connectivity index (χ1n) is 3.79. The molecule has 0 saturated carbocycles. The Kier molecular flexibility index (Phi) is 5.03. The molecule has 0 aliphatic heterocycles. The van der Waals surface area contributed by atoms with Crippen molar-refractivity contribution in [3.63, 3.8) is 0 Å². The number of amides is 1. The molecule has 0 aliphatic rings. The molecule has 0 fully saturated rings. The molecule has 0 heterocycles. The van der Waals surface area contributed by atoms with Crippen LogP contribution in [-0.4, -0.2) is 23.5 Å². The van der Waals surface area contributed by atoms with Gasteiger partial charge in [-0.1, -0.05) is 0 Å². The normalized spacial score (nSPS) is 12.4. The third-order valence-electron chi connectivity index (χ3n) is 1.55. The fourth-order valence-corrected chi connectivity index (χ4v) is 0.920. The fourth-order valence-electron chi connectivity index (χ4n) is 0.920. The zero-order valence-corrected chi connectivity index (χ0v) is 6.82. The molecule has 5 heteroatoms. The van der Waals surface area contributed by atoms with Crippen molar-refractivity contribution in [1.29, 1.82) is 0 Å². The number of carbonyl (C=O) groups is 2. The molecular formula is C7H14N2O3. The zero-order chi connectivity index (χ0) is 9.56. The Balaban J connectivity index is 3.87. The van der Waals surface area contributed by atoms with Crippen LogP contribution < -0.4 is 11.5 Å². The van der Waals surface area contributed by atoms with Gasteiger partial charge in [-0.3, -0.25) is 9.59 Å². The molecule has 0 aromatic carbocycles. The van der Waals surface area contributed by atoms with E-state index in [1.54, 1.807) is 0 Å². The SMILES string of the molecule is NCCCC(CC(N)=O)C(=O)O. The number of nitrogens with two attached hydrogens (primary N) is 2. The summed E-state index contributed by atoms with van der Waals surface area (Å²) in [5, 5.41) is 8.60. The van der Waals surface area contributed by atoms with Crippen molar-refractivity contribution in [3.05, 3.63) is 0 Å². The molecule has 70 valence electrons. The lowest BCUT2D eigenvalue weighted by atomic mass is 9.99. The maximum atomic E-state index is 10.5. The summed E-state index contributed by atoms with van der Waals surface area (Å²) in [4.78, 5) is 20.9. The van der Waals surface area contributed by atoms with Crippen LogP contribution in [0.5, 0.6) is 0 Å². The Bertz CT molecular complexity index is 170. The quantitative estimate of drug-likeness (QED) is 0.495. The van der Waals surface area contributed by atoms with Gasteiger partial charge in [0.15, 0.2) is 0 Å². The molecular weight excluding hydrogens is 160 g/mol. The smallest absolute Gasteiger partial charge is 0.307 e. The first-order valence-corrected chi connectivity index (χ1v) is 3.79. The zero-order valence-electron chi connectivity index (χ0n) is 6.82. The highest BCUT2D eigenvalue weighted by Crippen LogP contribution is 2.10. The number of hydrogen-bond donors (Lipinski definition) is 3. The summed E-state index contributed by atoms with van der Waals surface area (Å²) < 4.78 is 0. The largest absolute Gasteiger partial charge is 0.481 e. The molecule has 0 aromatic heterocycles. The van der Waals surface area contributed by atoms with E-state index < -0.39 is 17.8 Å². The number of carboxylic acid groups (broad SMARTS) is 1. The third kappa shape index (κ3) is 4.68. The van der Waals surface area contributed by atoms with Gasteiger partial charge in [-0.2, -0.15) is 0 Å². The van der Waals surface area contributed by atoms with Gasteiger partial charge in [0.1, 0.15) is 0 Å². The molecule has 12 heavy (non-hydrogen) atoms. The minimum absolute atomic E-state index is 0.102. The van der Waals surface area contributed by atoms with E-state index in [1.807, 2.05) is 0 Å². The van der Waals surface area contributed by atoms with Crippen LogP contribution >= 0.6 is 0 Å². The second-order valence-electron chi connectivity index (χ2n) is 2.64. The van der Waals surface area contributed by atoms with Crippen molar-refractivity contribution < 1.29 is 14.7 Å². The lowest BCUT2D eigenvalue weighted by molar-refractivity contribution is -0.143. The third-order valence-corrected chi connectivity index (χ3v) is 1.55. The van der Waals surface area contributed by atoms with Gasteiger partial charge in [0, 0.05) is 6.42 Å². The summed E-state index contributed by atoms with van der Waals surface area (Å²) in [6, 6.07) is 0. The van der Waals surface area contributed by atoms with Crippen LogP contribution in [0.1, 0.15) is 19.3 Å². The van der Waals surface area contributed by atoms with E-state index in [-0.39, 0.29) is 6.42 Å².